The molecule has 0 spiro atoms. The number of ether oxygens (including phenoxy) is 1. The van der Waals surface area contributed by atoms with E-state index in [2.05, 4.69) is 5.32 Å². The number of anilines is 3. The van der Waals surface area contributed by atoms with Crippen LogP contribution in [0.1, 0.15) is 10.4 Å². The molecule has 5 nitrogen and oxygen atoms in total. The number of hydrogen-bond donors (Lipinski definition) is 3. The molecule has 0 heterocycles. The van der Waals surface area contributed by atoms with Crippen molar-refractivity contribution in [1.82, 2.24) is 0 Å². The van der Waals surface area contributed by atoms with Gasteiger partial charge in [-0.15, -0.1) is 0 Å². The number of nitrogen functional groups attached to an aromatic ring is 2. The molecule has 0 unspecified atom stereocenters. The van der Waals surface area contributed by atoms with Crippen LogP contribution in [0, 0.1) is 0 Å². The number of amides is 1. The number of nitrogens with two attached hydrogens (primary N) is 2. The van der Waals surface area contributed by atoms with E-state index in [0.717, 1.165) is 0 Å². The van der Waals surface area contributed by atoms with Gasteiger partial charge in [0.25, 0.3) is 5.91 Å². The minimum Gasteiger partial charge on any atom is -0.495 e. The molecule has 2 aromatic carbocycles. The first-order chi connectivity index (χ1) is 9.51. The van der Waals surface area contributed by atoms with Crippen LogP contribution in [-0.4, -0.2) is 13.0 Å². The molecule has 0 aliphatic rings. The Kier molecular flexibility index (Phi) is 4.00. The van der Waals surface area contributed by atoms with E-state index in [4.69, 9.17) is 27.8 Å². The Morgan fingerprint density at radius 1 is 1.15 bits per heavy atom. The first kappa shape index (κ1) is 14.0. The predicted octanol–water partition coefficient (Wildman–Crippen LogP) is 2.77. The summed E-state index contributed by atoms with van der Waals surface area (Å²) in [6.07, 6.45) is 0. The van der Waals surface area contributed by atoms with Crippen molar-refractivity contribution < 1.29 is 9.53 Å². The highest BCUT2D eigenvalue weighted by Gasteiger charge is 2.09. The van der Waals surface area contributed by atoms with Crippen molar-refractivity contribution in [2.45, 2.75) is 0 Å². The molecule has 0 saturated carbocycles. The molecule has 0 aliphatic heterocycles. The Balaban J connectivity index is 2.19. The van der Waals surface area contributed by atoms with Crippen LogP contribution in [0.2, 0.25) is 5.02 Å². The van der Waals surface area contributed by atoms with E-state index in [0.29, 0.717) is 33.4 Å². The zero-order valence-electron chi connectivity index (χ0n) is 10.8. The quantitative estimate of drug-likeness (QED) is 0.758. The fraction of sp³-hybridized carbons (Fsp3) is 0.0714. The molecule has 0 aromatic heterocycles. The zero-order valence-corrected chi connectivity index (χ0v) is 11.6. The lowest BCUT2D eigenvalue weighted by molar-refractivity contribution is 0.102. The van der Waals surface area contributed by atoms with Gasteiger partial charge in [0.1, 0.15) is 5.75 Å². The van der Waals surface area contributed by atoms with Crippen molar-refractivity contribution in [1.29, 1.82) is 0 Å². The van der Waals surface area contributed by atoms with Crippen LogP contribution in [0.4, 0.5) is 17.1 Å². The summed E-state index contributed by atoms with van der Waals surface area (Å²) in [5, 5.41) is 3.14. The molecule has 0 bridgehead atoms. The fourth-order valence-corrected chi connectivity index (χ4v) is 1.92. The molecule has 0 saturated heterocycles. The fourth-order valence-electron chi connectivity index (χ4n) is 1.66. The predicted molar refractivity (Wildman–Crippen MR) is 81.2 cm³/mol. The summed E-state index contributed by atoms with van der Waals surface area (Å²) >= 11 is 5.99. The van der Waals surface area contributed by atoms with Crippen LogP contribution in [0.5, 0.6) is 5.75 Å². The van der Waals surface area contributed by atoms with Gasteiger partial charge in [0.15, 0.2) is 0 Å². The van der Waals surface area contributed by atoms with Crippen LogP contribution in [0.3, 0.4) is 0 Å². The largest absolute Gasteiger partial charge is 0.495 e. The normalized spacial score (nSPS) is 10.1. The maximum atomic E-state index is 12.1. The highest BCUT2D eigenvalue weighted by atomic mass is 35.5. The minimum atomic E-state index is -0.294. The molecule has 0 atom stereocenters. The van der Waals surface area contributed by atoms with Gasteiger partial charge in [-0.25, -0.2) is 0 Å². The monoisotopic (exact) mass is 291 g/mol. The minimum absolute atomic E-state index is 0.294. The van der Waals surface area contributed by atoms with Crippen molar-refractivity contribution in [3.63, 3.8) is 0 Å². The summed E-state index contributed by atoms with van der Waals surface area (Å²) < 4.78 is 5.04. The molecule has 1 amide bonds. The van der Waals surface area contributed by atoms with E-state index in [-0.39, 0.29) is 5.91 Å². The van der Waals surface area contributed by atoms with Gasteiger partial charge < -0.3 is 21.5 Å². The van der Waals surface area contributed by atoms with Gasteiger partial charge in [-0.3, -0.25) is 4.79 Å². The molecule has 0 radical (unpaired) electrons. The number of carbonyl (C=O) groups is 1. The van der Waals surface area contributed by atoms with E-state index in [1.165, 1.54) is 13.2 Å². The third-order valence-electron chi connectivity index (χ3n) is 2.76. The van der Waals surface area contributed by atoms with Crippen LogP contribution in [-0.2, 0) is 0 Å². The smallest absolute Gasteiger partial charge is 0.255 e. The Morgan fingerprint density at radius 2 is 1.90 bits per heavy atom. The number of benzene rings is 2. The van der Waals surface area contributed by atoms with Crippen LogP contribution >= 0.6 is 11.6 Å². The lowest BCUT2D eigenvalue weighted by atomic mass is 10.1. The Morgan fingerprint density at radius 3 is 2.50 bits per heavy atom. The van der Waals surface area contributed by atoms with E-state index in [9.17, 15) is 4.79 Å². The van der Waals surface area contributed by atoms with Gasteiger partial charge in [0.05, 0.1) is 23.5 Å². The SMILES string of the molecule is COc1ccc(NC(=O)c2ccc(N)c(N)c2)cc1Cl. The Hall–Kier alpha value is -2.40. The highest BCUT2D eigenvalue weighted by molar-refractivity contribution is 6.32. The maximum Gasteiger partial charge on any atom is 0.255 e. The second kappa shape index (κ2) is 5.71. The van der Waals surface area contributed by atoms with Gasteiger partial charge in [-0.05, 0) is 36.4 Å². The summed E-state index contributed by atoms with van der Waals surface area (Å²) in [5.41, 5.74) is 13.1. The molecule has 2 rings (SSSR count). The molecule has 0 aliphatic carbocycles. The number of nitrogens with one attached hydrogen (secondary N) is 1. The summed E-state index contributed by atoms with van der Waals surface area (Å²) in [5.74, 6) is 0.249. The molecule has 20 heavy (non-hydrogen) atoms. The van der Waals surface area contributed by atoms with Gasteiger partial charge >= 0.3 is 0 Å². The van der Waals surface area contributed by atoms with Crippen LogP contribution in [0.25, 0.3) is 0 Å². The van der Waals surface area contributed by atoms with Crippen molar-refractivity contribution >= 4 is 34.6 Å². The molecule has 104 valence electrons. The molecular weight excluding hydrogens is 278 g/mol. The van der Waals surface area contributed by atoms with E-state index < -0.39 is 0 Å². The molecule has 5 N–H and O–H groups in total. The second-order valence-corrected chi connectivity index (χ2v) is 4.55. The summed E-state index contributed by atoms with van der Waals surface area (Å²) in [4.78, 5) is 12.1. The number of carbonyl (C=O) groups excluding carboxylic acids is 1. The maximum absolute atomic E-state index is 12.1. The van der Waals surface area contributed by atoms with Crippen molar-refractivity contribution in [2.75, 3.05) is 23.9 Å². The highest BCUT2D eigenvalue weighted by Crippen LogP contribution is 2.27. The Bertz CT molecular complexity index is 659. The van der Waals surface area contributed by atoms with E-state index >= 15 is 0 Å². The van der Waals surface area contributed by atoms with Gasteiger partial charge in [0, 0.05) is 11.3 Å². The Labute approximate surface area is 121 Å². The summed E-state index contributed by atoms with van der Waals surface area (Å²) in [6.45, 7) is 0. The first-order valence-electron chi connectivity index (χ1n) is 5.81. The number of hydrogen-bond acceptors (Lipinski definition) is 4. The average Bonchev–Trinajstić information content (AvgIpc) is 2.42. The third kappa shape index (κ3) is 2.95. The lowest BCUT2D eigenvalue weighted by Gasteiger charge is -2.09. The number of rotatable bonds is 3. The van der Waals surface area contributed by atoms with Crippen molar-refractivity contribution in [3.8, 4) is 5.75 Å². The van der Waals surface area contributed by atoms with Crippen LogP contribution in [0.15, 0.2) is 36.4 Å². The standard InChI is InChI=1S/C14H14ClN3O2/c1-20-13-5-3-9(7-10(13)15)18-14(19)8-2-4-11(16)12(17)6-8/h2-7H,16-17H2,1H3,(H,18,19). The molecule has 6 heteroatoms. The van der Waals surface area contributed by atoms with E-state index in [1.807, 2.05) is 0 Å². The van der Waals surface area contributed by atoms with Gasteiger partial charge in [-0.1, -0.05) is 11.6 Å². The molecule has 2 aromatic rings. The summed E-state index contributed by atoms with van der Waals surface area (Å²) in [7, 11) is 1.52. The van der Waals surface area contributed by atoms with E-state index in [1.54, 1.807) is 30.3 Å². The summed E-state index contributed by atoms with van der Waals surface area (Å²) in [6, 6.07) is 9.70. The topological polar surface area (TPSA) is 90.4 Å². The van der Waals surface area contributed by atoms with Crippen molar-refractivity contribution in [2.24, 2.45) is 0 Å². The second-order valence-electron chi connectivity index (χ2n) is 4.15. The van der Waals surface area contributed by atoms with Crippen molar-refractivity contribution in [3.05, 3.63) is 47.0 Å². The molecular formula is C14H14ClN3O2. The zero-order chi connectivity index (χ0) is 14.7. The number of methoxy groups -OCH3 is 1. The third-order valence-corrected chi connectivity index (χ3v) is 3.05. The van der Waals surface area contributed by atoms with Gasteiger partial charge in [0.2, 0.25) is 0 Å². The van der Waals surface area contributed by atoms with Crippen LogP contribution < -0.4 is 21.5 Å². The molecule has 0 fully saturated rings. The lowest BCUT2D eigenvalue weighted by Crippen LogP contribution is -2.12. The van der Waals surface area contributed by atoms with Gasteiger partial charge in [-0.2, -0.15) is 0 Å². The first-order valence-corrected chi connectivity index (χ1v) is 6.19. The number of halogens is 1. The average molecular weight is 292 g/mol.